The minimum atomic E-state index is -1.97. The molecule has 87 heavy (non-hydrogen) atoms. The van der Waals surface area contributed by atoms with Crippen LogP contribution in [0.1, 0.15) is 296 Å². The fraction of sp³-hybridized carbons (Fsp3) is 0.985. The van der Waals surface area contributed by atoms with E-state index in [1.54, 1.807) is 0 Å². The number of aliphatic hydroxyl groups excluding tert-OH is 11. The molecular formula is C68H131NO18. The van der Waals surface area contributed by atoms with Gasteiger partial charge in [0.15, 0.2) is 18.9 Å². The van der Waals surface area contributed by atoms with Gasteiger partial charge in [0.2, 0.25) is 5.91 Å². The summed E-state index contributed by atoms with van der Waals surface area (Å²) in [7, 11) is 0. The van der Waals surface area contributed by atoms with Gasteiger partial charge in [-0.2, -0.15) is 0 Å². The summed E-state index contributed by atoms with van der Waals surface area (Å²) in [6.07, 6.45) is 27.7. The van der Waals surface area contributed by atoms with Crippen LogP contribution in [0.5, 0.6) is 0 Å². The van der Waals surface area contributed by atoms with Crippen molar-refractivity contribution in [2.75, 3.05) is 26.4 Å². The standard InChI is InChI=1S/C68H131NO18/c1-3-5-7-9-11-13-15-17-18-19-20-21-22-23-24-25-26-27-28-29-30-31-32-34-35-37-39-41-43-45-52(73)51(69-56(74)46-44-42-40-38-36-33-16-14-12-10-8-6-4-2)50-82-66-62(80)59(77)64(54(48-71)84-66)87-68-63(81)60(78)65(55(49-72)85-68)86-67-61(79)58(76)57(75)53(47-70)83-67/h51-55,57-68,70-73,75-81H,3-50H2,1-2H3,(H,69,74). The number of carbonyl (C=O) groups is 1. The first-order valence-corrected chi connectivity index (χ1v) is 35.8. The molecule has 12 N–H and O–H groups in total. The van der Waals surface area contributed by atoms with Crippen LogP contribution in [0.25, 0.3) is 0 Å². The van der Waals surface area contributed by atoms with E-state index in [-0.39, 0.29) is 18.9 Å². The summed E-state index contributed by atoms with van der Waals surface area (Å²) in [4.78, 5) is 13.4. The molecule has 0 aliphatic carbocycles. The van der Waals surface area contributed by atoms with Crippen LogP contribution >= 0.6 is 0 Å². The van der Waals surface area contributed by atoms with Gasteiger partial charge in [-0.25, -0.2) is 0 Å². The number of unbranched alkanes of at least 4 members (excludes halogenated alkanes) is 40. The third kappa shape index (κ3) is 33.5. The molecule has 3 heterocycles. The van der Waals surface area contributed by atoms with Crippen molar-refractivity contribution >= 4 is 5.91 Å². The lowest BCUT2D eigenvalue weighted by atomic mass is 9.96. The van der Waals surface area contributed by atoms with E-state index in [1.807, 2.05) is 0 Å². The first kappa shape index (κ1) is 80.0. The molecule has 3 rings (SSSR count). The van der Waals surface area contributed by atoms with Crippen molar-refractivity contribution in [2.45, 2.75) is 401 Å². The quantitative estimate of drug-likeness (QED) is 0.0252. The zero-order valence-corrected chi connectivity index (χ0v) is 54.5. The average molecular weight is 1250 g/mol. The van der Waals surface area contributed by atoms with E-state index in [0.717, 1.165) is 44.9 Å². The second kappa shape index (κ2) is 51.2. The molecule has 3 fully saturated rings. The predicted molar refractivity (Wildman–Crippen MR) is 337 cm³/mol. The van der Waals surface area contributed by atoms with Crippen LogP contribution in [0.3, 0.4) is 0 Å². The Kier molecular flexibility index (Phi) is 47.1. The molecule has 19 nitrogen and oxygen atoms in total. The first-order valence-electron chi connectivity index (χ1n) is 35.8. The highest BCUT2D eigenvalue weighted by Crippen LogP contribution is 2.33. The van der Waals surface area contributed by atoms with E-state index in [4.69, 9.17) is 28.4 Å². The van der Waals surface area contributed by atoms with Crippen molar-refractivity contribution in [3.05, 3.63) is 0 Å². The normalized spacial score (nSPS) is 28.5. The second-order valence-corrected chi connectivity index (χ2v) is 26.1. The number of aliphatic hydroxyl groups is 11. The molecule has 19 heteroatoms. The smallest absolute Gasteiger partial charge is 0.220 e. The van der Waals surface area contributed by atoms with Gasteiger partial charge in [0.25, 0.3) is 0 Å². The highest BCUT2D eigenvalue weighted by molar-refractivity contribution is 5.76. The summed E-state index contributed by atoms with van der Waals surface area (Å²) in [5, 5.41) is 121. The lowest BCUT2D eigenvalue weighted by Crippen LogP contribution is -2.66. The molecule has 0 aromatic rings. The Labute approximate surface area is 525 Å². The summed E-state index contributed by atoms with van der Waals surface area (Å²) >= 11 is 0. The van der Waals surface area contributed by atoms with Crippen LogP contribution in [0, 0.1) is 0 Å². The topological polar surface area (TPSA) is 307 Å². The van der Waals surface area contributed by atoms with Crippen molar-refractivity contribution in [2.24, 2.45) is 0 Å². The van der Waals surface area contributed by atoms with Gasteiger partial charge >= 0.3 is 0 Å². The predicted octanol–water partition coefficient (Wildman–Crippen LogP) is 9.50. The molecule has 0 bridgehead atoms. The van der Waals surface area contributed by atoms with E-state index in [2.05, 4.69) is 19.2 Å². The molecule has 0 radical (unpaired) electrons. The number of ether oxygens (including phenoxy) is 6. The van der Waals surface area contributed by atoms with E-state index in [1.165, 1.54) is 218 Å². The first-order chi connectivity index (χ1) is 42.3. The maximum atomic E-state index is 13.4. The number of amides is 1. The van der Waals surface area contributed by atoms with Crippen LogP contribution in [-0.2, 0) is 33.2 Å². The fourth-order valence-corrected chi connectivity index (χ4v) is 12.6. The Balaban J connectivity index is 1.37. The van der Waals surface area contributed by atoms with Crippen molar-refractivity contribution in [1.82, 2.24) is 5.32 Å². The van der Waals surface area contributed by atoms with Crippen molar-refractivity contribution < 1.29 is 89.4 Å². The maximum absolute atomic E-state index is 13.4. The van der Waals surface area contributed by atoms with Gasteiger partial charge in [-0.1, -0.05) is 277 Å². The van der Waals surface area contributed by atoms with Crippen molar-refractivity contribution in [3.63, 3.8) is 0 Å². The third-order valence-corrected chi connectivity index (χ3v) is 18.4. The Hall–Kier alpha value is -1.21. The SMILES string of the molecule is CCCCCCCCCCCCCCCCCCCCCCCCCCCCCCCC(O)C(COC1OC(CO)C(OC2OC(CO)C(OC3OC(CO)C(O)C(O)C3O)C(O)C2O)C(O)C1O)NC(=O)CCCCCCCCCCCCCCC. The molecule has 3 aliphatic heterocycles. The molecule has 17 atom stereocenters. The summed E-state index contributed by atoms with van der Waals surface area (Å²) in [5.74, 6) is -0.238. The third-order valence-electron chi connectivity index (χ3n) is 18.4. The number of nitrogens with one attached hydrogen (secondary N) is 1. The molecule has 516 valence electrons. The van der Waals surface area contributed by atoms with Gasteiger partial charge in [-0.05, 0) is 12.8 Å². The molecule has 17 unspecified atom stereocenters. The number of carbonyl (C=O) groups excluding carboxylic acids is 1. The van der Waals surface area contributed by atoms with Gasteiger partial charge < -0.3 is 89.9 Å². The lowest BCUT2D eigenvalue weighted by molar-refractivity contribution is -0.379. The summed E-state index contributed by atoms with van der Waals surface area (Å²) < 4.78 is 34.4. The van der Waals surface area contributed by atoms with Gasteiger partial charge in [0.05, 0.1) is 38.6 Å². The average Bonchev–Trinajstić information content (AvgIpc) is 2.08. The van der Waals surface area contributed by atoms with Gasteiger partial charge in [0, 0.05) is 6.42 Å². The van der Waals surface area contributed by atoms with Gasteiger partial charge in [-0.15, -0.1) is 0 Å². The van der Waals surface area contributed by atoms with E-state index in [9.17, 15) is 61.0 Å². The molecule has 3 aliphatic rings. The summed E-state index contributed by atoms with van der Waals surface area (Å²) in [6, 6.07) is -0.881. The number of rotatable bonds is 56. The summed E-state index contributed by atoms with van der Waals surface area (Å²) in [5.41, 5.74) is 0. The van der Waals surface area contributed by atoms with Crippen molar-refractivity contribution in [3.8, 4) is 0 Å². The van der Waals surface area contributed by atoms with Gasteiger partial charge in [-0.3, -0.25) is 4.79 Å². The van der Waals surface area contributed by atoms with Crippen LogP contribution in [0.2, 0.25) is 0 Å². The van der Waals surface area contributed by atoms with E-state index < -0.39 is 124 Å². The minimum Gasteiger partial charge on any atom is -0.394 e. The van der Waals surface area contributed by atoms with E-state index in [0.29, 0.717) is 12.8 Å². The molecule has 0 aromatic heterocycles. The van der Waals surface area contributed by atoms with Crippen LogP contribution < -0.4 is 5.32 Å². The minimum absolute atomic E-state index is 0.238. The zero-order valence-electron chi connectivity index (χ0n) is 54.5. The maximum Gasteiger partial charge on any atom is 0.220 e. The molecule has 1 amide bonds. The highest BCUT2D eigenvalue weighted by atomic mass is 16.8. The molecule has 0 aromatic carbocycles. The molecule has 0 spiro atoms. The van der Waals surface area contributed by atoms with Crippen molar-refractivity contribution in [1.29, 1.82) is 0 Å². The molecule has 0 saturated carbocycles. The Bertz CT molecular complexity index is 1590. The zero-order chi connectivity index (χ0) is 63.3. The Morgan fingerprint density at radius 3 is 1.00 bits per heavy atom. The lowest BCUT2D eigenvalue weighted by Gasteiger charge is -2.48. The van der Waals surface area contributed by atoms with Crippen LogP contribution in [-0.4, -0.2) is 193 Å². The monoisotopic (exact) mass is 1250 g/mol. The Morgan fingerprint density at radius 2 is 0.655 bits per heavy atom. The number of hydrogen-bond donors (Lipinski definition) is 12. The van der Waals surface area contributed by atoms with E-state index >= 15 is 0 Å². The highest BCUT2D eigenvalue weighted by Gasteiger charge is 2.53. The second-order valence-electron chi connectivity index (χ2n) is 26.1. The van der Waals surface area contributed by atoms with Gasteiger partial charge in [0.1, 0.15) is 73.2 Å². The molecular weight excluding hydrogens is 1120 g/mol. The summed E-state index contributed by atoms with van der Waals surface area (Å²) in [6.45, 7) is 1.83. The molecule has 3 saturated heterocycles. The number of hydrogen-bond acceptors (Lipinski definition) is 18. The fourth-order valence-electron chi connectivity index (χ4n) is 12.6. The van der Waals surface area contributed by atoms with Crippen LogP contribution in [0.4, 0.5) is 0 Å². The Morgan fingerprint density at radius 1 is 0.368 bits per heavy atom. The largest absolute Gasteiger partial charge is 0.394 e. The van der Waals surface area contributed by atoms with Crippen LogP contribution in [0.15, 0.2) is 0 Å².